The standard InChI is InChI=1S/C12H11BrN4O4/c1-6-15-10(21-17-6)5-14-12(20)16-9-4-7(13)2-3-8(9)11(18)19/h2-4H,5H2,1H3,(H,18,19)(H2,14,16,20). The number of halogens is 1. The van der Waals surface area contributed by atoms with Gasteiger partial charge in [-0.05, 0) is 25.1 Å². The lowest BCUT2D eigenvalue weighted by molar-refractivity contribution is 0.0698. The number of anilines is 1. The minimum Gasteiger partial charge on any atom is -0.478 e. The zero-order valence-electron chi connectivity index (χ0n) is 10.9. The molecule has 0 bridgehead atoms. The van der Waals surface area contributed by atoms with Crippen molar-refractivity contribution in [2.24, 2.45) is 0 Å². The number of carboxylic acids is 1. The first-order chi connectivity index (χ1) is 9.95. The number of hydrogen-bond acceptors (Lipinski definition) is 5. The molecule has 0 saturated carbocycles. The molecular weight excluding hydrogens is 344 g/mol. The average Bonchev–Trinajstić information content (AvgIpc) is 2.82. The van der Waals surface area contributed by atoms with Gasteiger partial charge in [0.15, 0.2) is 5.82 Å². The maximum atomic E-state index is 11.8. The molecule has 1 aromatic heterocycles. The molecule has 0 radical (unpaired) electrons. The second-order valence-corrected chi connectivity index (χ2v) is 4.95. The quantitative estimate of drug-likeness (QED) is 0.774. The Bertz CT molecular complexity index is 686. The fraction of sp³-hybridized carbons (Fsp3) is 0.167. The number of nitrogens with one attached hydrogen (secondary N) is 2. The molecule has 8 nitrogen and oxygen atoms in total. The number of urea groups is 1. The van der Waals surface area contributed by atoms with Crippen LogP contribution in [0.2, 0.25) is 0 Å². The van der Waals surface area contributed by atoms with Crippen molar-refractivity contribution in [1.82, 2.24) is 15.5 Å². The highest BCUT2D eigenvalue weighted by atomic mass is 79.9. The molecule has 0 fully saturated rings. The summed E-state index contributed by atoms with van der Waals surface area (Å²) in [7, 11) is 0. The normalized spacial score (nSPS) is 10.2. The molecule has 9 heteroatoms. The van der Waals surface area contributed by atoms with E-state index in [2.05, 4.69) is 36.7 Å². The van der Waals surface area contributed by atoms with E-state index >= 15 is 0 Å². The van der Waals surface area contributed by atoms with Crippen molar-refractivity contribution in [1.29, 1.82) is 0 Å². The van der Waals surface area contributed by atoms with Crippen molar-refractivity contribution < 1.29 is 19.2 Å². The summed E-state index contributed by atoms with van der Waals surface area (Å²) in [6.07, 6.45) is 0. The van der Waals surface area contributed by atoms with Crippen molar-refractivity contribution in [2.75, 3.05) is 5.32 Å². The number of carbonyl (C=O) groups is 2. The van der Waals surface area contributed by atoms with Gasteiger partial charge < -0.3 is 20.3 Å². The number of hydrogen-bond donors (Lipinski definition) is 3. The summed E-state index contributed by atoms with van der Waals surface area (Å²) < 4.78 is 5.49. The summed E-state index contributed by atoms with van der Waals surface area (Å²) in [5.41, 5.74) is 0.165. The van der Waals surface area contributed by atoms with Gasteiger partial charge in [0, 0.05) is 4.47 Å². The number of amides is 2. The Labute approximate surface area is 127 Å². The van der Waals surface area contributed by atoms with Crippen molar-refractivity contribution in [2.45, 2.75) is 13.5 Å². The van der Waals surface area contributed by atoms with Crippen LogP contribution in [-0.2, 0) is 6.54 Å². The van der Waals surface area contributed by atoms with E-state index < -0.39 is 12.0 Å². The van der Waals surface area contributed by atoms with E-state index in [1.807, 2.05) is 0 Å². The maximum Gasteiger partial charge on any atom is 0.337 e. The van der Waals surface area contributed by atoms with Crippen LogP contribution in [0.4, 0.5) is 10.5 Å². The Hall–Kier alpha value is -2.42. The largest absolute Gasteiger partial charge is 0.478 e. The third kappa shape index (κ3) is 4.02. The third-order valence-electron chi connectivity index (χ3n) is 2.43. The Morgan fingerprint density at radius 2 is 2.19 bits per heavy atom. The van der Waals surface area contributed by atoms with E-state index in [0.717, 1.165) is 0 Å². The van der Waals surface area contributed by atoms with Gasteiger partial charge in [0.25, 0.3) is 0 Å². The van der Waals surface area contributed by atoms with Gasteiger partial charge >= 0.3 is 12.0 Å². The van der Waals surface area contributed by atoms with Gasteiger partial charge in [-0.1, -0.05) is 21.1 Å². The average molecular weight is 355 g/mol. The summed E-state index contributed by atoms with van der Waals surface area (Å²) >= 11 is 3.22. The minimum atomic E-state index is -1.13. The Morgan fingerprint density at radius 3 is 2.81 bits per heavy atom. The van der Waals surface area contributed by atoms with Crippen molar-refractivity contribution in [3.8, 4) is 0 Å². The number of carbonyl (C=O) groups excluding carboxylic acids is 1. The molecule has 0 spiro atoms. The minimum absolute atomic E-state index is 0.0121. The molecule has 0 unspecified atom stereocenters. The van der Waals surface area contributed by atoms with Gasteiger partial charge in [-0.25, -0.2) is 9.59 Å². The molecule has 0 saturated heterocycles. The second kappa shape index (κ2) is 6.35. The van der Waals surface area contributed by atoms with E-state index in [1.165, 1.54) is 12.1 Å². The van der Waals surface area contributed by atoms with Gasteiger partial charge in [-0.2, -0.15) is 4.98 Å². The van der Waals surface area contributed by atoms with Crippen LogP contribution in [0.1, 0.15) is 22.1 Å². The lowest BCUT2D eigenvalue weighted by atomic mass is 10.2. The van der Waals surface area contributed by atoms with E-state index in [0.29, 0.717) is 10.3 Å². The van der Waals surface area contributed by atoms with Crippen LogP contribution in [0.3, 0.4) is 0 Å². The Balaban J connectivity index is 2.02. The highest BCUT2D eigenvalue weighted by Gasteiger charge is 2.13. The lowest BCUT2D eigenvalue weighted by Crippen LogP contribution is -2.29. The molecule has 21 heavy (non-hydrogen) atoms. The third-order valence-corrected chi connectivity index (χ3v) is 2.92. The first kappa shape index (κ1) is 15.0. The van der Waals surface area contributed by atoms with Crippen LogP contribution in [0.25, 0.3) is 0 Å². The van der Waals surface area contributed by atoms with Crippen LogP contribution in [0.15, 0.2) is 27.2 Å². The monoisotopic (exact) mass is 354 g/mol. The summed E-state index contributed by atoms with van der Waals surface area (Å²) in [6.45, 7) is 1.71. The number of aromatic carboxylic acids is 1. The maximum absolute atomic E-state index is 11.8. The first-order valence-electron chi connectivity index (χ1n) is 5.82. The van der Waals surface area contributed by atoms with Crippen LogP contribution in [0, 0.1) is 6.92 Å². The van der Waals surface area contributed by atoms with Crippen LogP contribution < -0.4 is 10.6 Å². The van der Waals surface area contributed by atoms with E-state index in [4.69, 9.17) is 9.63 Å². The predicted octanol–water partition coefficient (Wildman–Crippen LogP) is 2.16. The van der Waals surface area contributed by atoms with E-state index in [1.54, 1.807) is 13.0 Å². The van der Waals surface area contributed by atoms with E-state index in [9.17, 15) is 9.59 Å². The molecule has 0 aliphatic heterocycles. The number of nitrogens with zero attached hydrogens (tertiary/aromatic N) is 2. The molecule has 1 heterocycles. The van der Waals surface area contributed by atoms with Gasteiger partial charge in [0.2, 0.25) is 5.89 Å². The van der Waals surface area contributed by atoms with Gasteiger partial charge in [-0.3, -0.25) is 0 Å². The van der Waals surface area contributed by atoms with Crippen molar-refractivity contribution in [3.63, 3.8) is 0 Å². The predicted molar refractivity (Wildman–Crippen MR) is 76.0 cm³/mol. The Kier molecular flexibility index (Phi) is 4.53. The molecule has 2 amide bonds. The molecule has 2 aromatic rings. The number of aromatic nitrogens is 2. The molecule has 2 rings (SSSR count). The SMILES string of the molecule is Cc1noc(CNC(=O)Nc2cc(Br)ccc2C(=O)O)n1. The number of carboxylic acid groups (broad SMARTS) is 1. The molecule has 1 aromatic carbocycles. The number of rotatable bonds is 4. The van der Waals surface area contributed by atoms with Gasteiger partial charge in [-0.15, -0.1) is 0 Å². The summed E-state index contributed by atoms with van der Waals surface area (Å²) in [4.78, 5) is 26.8. The van der Waals surface area contributed by atoms with Crippen molar-refractivity contribution >= 4 is 33.6 Å². The topological polar surface area (TPSA) is 117 Å². The molecule has 3 N–H and O–H groups in total. The van der Waals surface area contributed by atoms with Crippen LogP contribution >= 0.6 is 15.9 Å². The molecule has 0 aliphatic rings. The molecular formula is C12H11BrN4O4. The molecule has 0 aliphatic carbocycles. The zero-order chi connectivity index (χ0) is 15.4. The Morgan fingerprint density at radius 1 is 1.43 bits per heavy atom. The highest BCUT2D eigenvalue weighted by molar-refractivity contribution is 9.10. The van der Waals surface area contributed by atoms with Gasteiger partial charge in [0.05, 0.1) is 17.8 Å². The van der Waals surface area contributed by atoms with Crippen LogP contribution in [-0.4, -0.2) is 27.2 Å². The molecule has 0 atom stereocenters. The zero-order valence-corrected chi connectivity index (χ0v) is 12.5. The smallest absolute Gasteiger partial charge is 0.337 e. The van der Waals surface area contributed by atoms with Crippen molar-refractivity contribution in [3.05, 3.63) is 40.0 Å². The highest BCUT2D eigenvalue weighted by Crippen LogP contribution is 2.21. The lowest BCUT2D eigenvalue weighted by Gasteiger charge is -2.09. The summed E-state index contributed by atoms with van der Waals surface area (Å²) in [5.74, 6) is -0.409. The summed E-state index contributed by atoms with van der Waals surface area (Å²) in [5, 5.41) is 17.6. The first-order valence-corrected chi connectivity index (χ1v) is 6.62. The second-order valence-electron chi connectivity index (χ2n) is 4.04. The fourth-order valence-electron chi connectivity index (χ4n) is 1.54. The van der Waals surface area contributed by atoms with Crippen LogP contribution in [0.5, 0.6) is 0 Å². The van der Waals surface area contributed by atoms with E-state index in [-0.39, 0.29) is 23.7 Å². The number of aryl methyl sites for hydroxylation is 1. The van der Waals surface area contributed by atoms with Gasteiger partial charge in [0.1, 0.15) is 0 Å². The summed E-state index contributed by atoms with van der Waals surface area (Å²) in [6, 6.07) is 3.89. The number of benzene rings is 1. The fourth-order valence-corrected chi connectivity index (χ4v) is 1.90. The molecule has 110 valence electrons.